The first-order valence-corrected chi connectivity index (χ1v) is 7.34. The number of ether oxygens (including phenoxy) is 1. The van der Waals surface area contributed by atoms with Crippen LogP contribution in [0.3, 0.4) is 0 Å². The van der Waals surface area contributed by atoms with Gasteiger partial charge in [0.2, 0.25) is 0 Å². The second-order valence-corrected chi connectivity index (χ2v) is 5.17. The maximum Gasteiger partial charge on any atom is 0.145 e. The third-order valence-electron chi connectivity index (χ3n) is 2.87. The fourth-order valence-corrected chi connectivity index (χ4v) is 2.80. The van der Waals surface area contributed by atoms with Gasteiger partial charge in [0.15, 0.2) is 0 Å². The summed E-state index contributed by atoms with van der Waals surface area (Å²) in [6.07, 6.45) is 0.962. The molecular formula is C15H18FNOS. The van der Waals surface area contributed by atoms with Gasteiger partial charge >= 0.3 is 0 Å². The molecule has 0 spiro atoms. The molecule has 0 aliphatic carbocycles. The molecule has 1 atom stereocenters. The zero-order valence-electron chi connectivity index (χ0n) is 11.2. The lowest BCUT2D eigenvalue weighted by molar-refractivity contribution is 0.339. The number of rotatable bonds is 6. The Bertz CT molecular complexity index is 513. The Balaban J connectivity index is 2.21. The molecule has 1 aromatic carbocycles. The van der Waals surface area contributed by atoms with Crippen molar-refractivity contribution in [3.8, 4) is 5.75 Å². The average Bonchev–Trinajstić information content (AvgIpc) is 2.92. The molecule has 19 heavy (non-hydrogen) atoms. The van der Waals surface area contributed by atoms with Crippen LogP contribution in [-0.4, -0.2) is 6.61 Å². The van der Waals surface area contributed by atoms with E-state index in [1.165, 1.54) is 17.0 Å². The van der Waals surface area contributed by atoms with Crippen molar-refractivity contribution in [2.45, 2.75) is 26.3 Å². The van der Waals surface area contributed by atoms with Gasteiger partial charge in [-0.1, -0.05) is 13.0 Å². The molecule has 1 unspecified atom stereocenters. The van der Waals surface area contributed by atoms with Gasteiger partial charge in [-0.05, 0) is 36.9 Å². The highest BCUT2D eigenvalue weighted by Gasteiger charge is 2.13. The van der Waals surface area contributed by atoms with E-state index in [4.69, 9.17) is 4.74 Å². The average molecular weight is 279 g/mol. The molecule has 1 heterocycles. The van der Waals surface area contributed by atoms with E-state index < -0.39 is 0 Å². The van der Waals surface area contributed by atoms with E-state index in [1.54, 1.807) is 17.4 Å². The summed E-state index contributed by atoms with van der Waals surface area (Å²) in [6.45, 7) is 4.54. The first-order valence-electron chi connectivity index (χ1n) is 6.46. The second-order valence-electron chi connectivity index (χ2n) is 4.19. The van der Waals surface area contributed by atoms with Gasteiger partial charge in [0.05, 0.1) is 18.3 Å². The van der Waals surface area contributed by atoms with Crippen LogP contribution in [0.1, 0.15) is 31.2 Å². The van der Waals surface area contributed by atoms with Gasteiger partial charge in [0, 0.05) is 10.9 Å². The molecule has 1 N–H and O–H groups in total. The standard InChI is InChI=1S/C15H18FNOS/c1-3-12(15-6-5-9-19-15)17-13-8-7-11(16)10-14(13)18-4-2/h5-10,12,17H,3-4H2,1-2H3. The van der Waals surface area contributed by atoms with Gasteiger partial charge in [-0.25, -0.2) is 4.39 Å². The Kier molecular flexibility index (Phi) is 4.80. The Labute approximate surface area is 117 Å². The van der Waals surface area contributed by atoms with E-state index in [9.17, 15) is 4.39 Å². The number of thiophene rings is 1. The van der Waals surface area contributed by atoms with Crippen molar-refractivity contribution in [1.29, 1.82) is 0 Å². The number of halogens is 1. The third-order valence-corrected chi connectivity index (χ3v) is 3.85. The van der Waals surface area contributed by atoms with Crippen molar-refractivity contribution in [2.75, 3.05) is 11.9 Å². The highest BCUT2D eigenvalue weighted by molar-refractivity contribution is 7.10. The summed E-state index contributed by atoms with van der Waals surface area (Å²) in [4.78, 5) is 1.27. The van der Waals surface area contributed by atoms with Gasteiger partial charge in [-0.15, -0.1) is 11.3 Å². The zero-order valence-corrected chi connectivity index (χ0v) is 12.0. The quantitative estimate of drug-likeness (QED) is 0.816. The monoisotopic (exact) mass is 279 g/mol. The van der Waals surface area contributed by atoms with E-state index in [0.29, 0.717) is 12.4 Å². The van der Waals surface area contributed by atoms with Crippen LogP contribution in [0.2, 0.25) is 0 Å². The van der Waals surface area contributed by atoms with Crippen molar-refractivity contribution in [3.63, 3.8) is 0 Å². The Hall–Kier alpha value is -1.55. The van der Waals surface area contributed by atoms with Gasteiger partial charge in [0.1, 0.15) is 11.6 Å². The summed E-state index contributed by atoms with van der Waals surface area (Å²) in [5, 5.41) is 5.49. The third kappa shape index (κ3) is 3.47. The van der Waals surface area contributed by atoms with Crippen LogP contribution < -0.4 is 10.1 Å². The summed E-state index contributed by atoms with van der Waals surface area (Å²) >= 11 is 1.72. The van der Waals surface area contributed by atoms with E-state index >= 15 is 0 Å². The molecule has 0 saturated carbocycles. The van der Waals surface area contributed by atoms with E-state index in [0.717, 1.165) is 12.1 Å². The van der Waals surface area contributed by atoms with Crippen molar-refractivity contribution >= 4 is 17.0 Å². The largest absolute Gasteiger partial charge is 0.492 e. The molecule has 0 saturated heterocycles. The molecule has 0 aliphatic heterocycles. The summed E-state index contributed by atoms with van der Waals surface area (Å²) in [5.74, 6) is 0.288. The summed E-state index contributed by atoms with van der Waals surface area (Å²) in [7, 11) is 0. The predicted octanol–water partition coefficient (Wildman–Crippen LogP) is 4.85. The fraction of sp³-hybridized carbons (Fsp3) is 0.333. The molecule has 0 aliphatic rings. The first-order chi connectivity index (χ1) is 9.24. The van der Waals surface area contributed by atoms with Crippen LogP contribution in [-0.2, 0) is 0 Å². The molecule has 0 amide bonds. The minimum atomic E-state index is -0.279. The summed E-state index contributed by atoms with van der Waals surface area (Å²) in [6, 6.07) is 8.98. The smallest absolute Gasteiger partial charge is 0.145 e. The lowest BCUT2D eigenvalue weighted by atomic mass is 10.1. The molecule has 2 nitrogen and oxygen atoms in total. The zero-order chi connectivity index (χ0) is 13.7. The maximum absolute atomic E-state index is 13.3. The molecule has 0 fully saturated rings. The van der Waals surface area contributed by atoms with Crippen molar-refractivity contribution < 1.29 is 9.13 Å². The molecule has 0 radical (unpaired) electrons. The molecule has 102 valence electrons. The molecule has 1 aromatic heterocycles. The van der Waals surface area contributed by atoms with Gasteiger partial charge in [-0.3, -0.25) is 0 Å². The van der Waals surface area contributed by atoms with E-state index in [2.05, 4.69) is 23.7 Å². The molecule has 2 aromatic rings. The van der Waals surface area contributed by atoms with Gasteiger partial charge < -0.3 is 10.1 Å². The minimum absolute atomic E-state index is 0.227. The minimum Gasteiger partial charge on any atom is -0.492 e. The SMILES string of the molecule is CCOc1cc(F)ccc1NC(CC)c1cccs1. The second kappa shape index (κ2) is 6.57. The summed E-state index contributed by atoms with van der Waals surface area (Å²) < 4.78 is 18.7. The topological polar surface area (TPSA) is 21.3 Å². The van der Waals surface area contributed by atoms with Gasteiger partial charge in [-0.2, -0.15) is 0 Å². The Morgan fingerprint density at radius 1 is 1.32 bits per heavy atom. The molecular weight excluding hydrogens is 261 g/mol. The number of nitrogens with one attached hydrogen (secondary N) is 1. The Morgan fingerprint density at radius 2 is 2.16 bits per heavy atom. The maximum atomic E-state index is 13.3. The highest BCUT2D eigenvalue weighted by Crippen LogP contribution is 2.32. The normalized spacial score (nSPS) is 12.2. The van der Waals surface area contributed by atoms with Crippen LogP contribution in [0.4, 0.5) is 10.1 Å². The number of benzene rings is 1. The first kappa shape index (κ1) is 13.9. The molecule has 4 heteroatoms. The lowest BCUT2D eigenvalue weighted by Gasteiger charge is -2.19. The van der Waals surface area contributed by atoms with Crippen LogP contribution in [0.5, 0.6) is 5.75 Å². The van der Waals surface area contributed by atoms with E-state index in [1.807, 2.05) is 13.0 Å². The number of anilines is 1. The lowest BCUT2D eigenvalue weighted by Crippen LogP contribution is -2.09. The van der Waals surface area contributed by atoms with Crippen molar-refractivity contribution in [2.24, 2.45) is 0 Å². The van der Waals surface area contributed by atoms with Crippen LogP contribution in [0, 0.1) is 5.82 Å². The van der Waals surface area contributed by atoms with Crippen LogP contribution in [0.15, 0.2) is 35.7 Å². The van der Waals surface area contributed by atoms with Crippen molar-refractivity contribution in [1.82, 2.24) is 0 Å². The fourth-order valence-electron chi connectivity index (χ4n) is 1.94. The molecule has 2 rings (SSSR count). The Morgan fingerprint density at radius 3 is 2.79 bits per heavy atom. The van der Waals surface area contributed by atoms with Crippen LogP contribution >= 0.6 is 11.3 Å². The van der Waals surface area contributed by atoms with Crippen LogP contribution in [0.25, 0.3) is 0 Å². The number of hydrogen-bond acceptors (Lipinski definition) is 3. The van der Waals surface area contributed by atoms with E-state index in [-0.39, 0.29) is 11.9 Å². The summed E-state index contributed by atoms with van der Waals surface area (Å²) in [5.41, 5.74) is 0.837. The predicted molar refractivity (Wildman–Crippen MR) is 78.5 cm³/mol. The van der Waals surface area contributed by atoms with Crippen molar-refractivity contribution in [3.05, 3.63) is 46.4 Å². The number of hydrogen-bond donors (Lipinski definition) is 1. The highest BCUT2D eigenvalue weighted by atomic mass is 32.1. The van der Waals surface area contributed by atoms with Gasteiger partial charge in [0.25, 0.3) is 0 Å². The molecule has 0 bridgehead atoms.